The van der Waals surface area contributed by atoms with Crippen LogP contribution in [-0.2, 0) is 0 Å². The third-order valence-corrected chi connectivity index (χ3v) is 2.98. The Balaban J connectivity index is 2.11. The highest BCUT2D eigenvalue weighted by atomic mass is 16.1. The smallest absolute Gasteiger partial charge is 0.252 e. The Morgan fingerprint density at radius 2 is 2.06 bits per heavy atom. The summed E-state index contributed by atoms with van der Waals surface area (Å²) in [5, 5.41) is 0. The molecule has 2 rings (SSSR count). The van der Waals surface area contributed by atoms with Gasteiger partial charge >= 0.3 is 0 Å². The van der Waals surface area contributed by atoms with Crippen molar-refractivity contribution in [3.05, 3.63) is 22.2 Å². The van der Waals surface area contributed by atoms with E-state index in [1.54, 1.807) is 6.07 Å². The molecule has 0 atom stereocenters. The van der Waals surface area contributed by atoms with Crippen LogP contribution in [0.2, 0.25) is 0 Å². The Hall–Kier alpha value is -1.36. The first-order chi connectivity index (χ1) is 8.06. The van der Waals surface area contributed by atoms with E-state index in [1.165, 1.54) is 0 Å². The highest BCUT2D eigenvalue weighted by Crippen LogP contribution is 2.37. The van der Waals surface area contributed by atoms with Crippen LogP contribution >= 0.6 is 0 Å². The highest BCUT2D eigenvalue weighted by molar-refractivity contribution is 5.37. The van der Waals surface area contributed by atoms with Crippen molar-refractivity contribution < 1.29 is 0 Å². The number of hydrogen-bond donors (Lipinski definition) is 1. The van der Waals surface area contributed by atoms with E-state index in [0.717, 1.165) is 37.6 Å². The van der Waals surface area contributed by atoms with Gasteiger partial charge in [0.2, 0.25) is 0 Å². The Labute approximate surface area is 101 Å². The minimum Gasteiger partial charge on any atom is -0.358 e. The summed E-state index contributed by atoms with van der Waals surface area (Å²) < 4.78 is 0. The van der Waals surface area contributed by atoms with Crippen molar-refractivity contribution in [3.63, 3.8) is 0 Å². The standard InChI is InChI=1S/C12H20N4O/c1-15(2)6-7-16(3)10-8-11(17)14-12(13-10)9-4-5-9/h8-9H,4-7H2,1-3H3,(H,13,14,17). The van der Waals surface area contributed by atoms with Crippen LogP contribution in [0.5, 0.6) is 0 Å². The van der Waals surface area contributed by atoms with Gasteiger partial charge in [-0.1, -0.05) is 0 Å². The Morgan fingerprint density at radius 3 is 2.65 bits per heavy atom. The van der Waals surface area contributed by atoms with Crippen molar-refractivity contribution in [2.24, 2.45) is 0 Å². The Bertz CT molecular complexity index is 436. The van der Waals surface area contributed by atoms with Crippen molar-refractivity contribution in [2.75, 3.05) is 39.1 Å². The average Bonchev–Trinajstić information content (AvgIpc) is 3.08. The van der Waals surface area contributed by atoms with Gasteiger partial charge in [0.05, 0.1) is 0 Å². The number of rotatable bonds is 5. The summed E-state index contributed by atoms with van der Waals surface area (Å²) in [6.07, 6.45) is 2.29. The number of aromatic amines is 1. The lowest BCUT2D eigenvalue weighted by Crippen LogP contribution is -2.30. The highest BCUT2D eigenvalue weighted by Gasteiger charge is 2.26. The Kier molecular flexibility index (Phi) is 3.47. The molecule has 0 amide bonds. The van der Waals surface area contributed by atoms with Crippen LogP contribution in [0.1, 0.15) is 24.6 Å². The van der Waals surface area contributed by atoms with Crippen LogP contribution in [-0.4, -0.2) is 49.1 Å². The maximum Gasteiger partial charge on any atom is 0.252 e. The van der Waals surface area contributed by atoms with Gasteiger partial charge in [0.25, 0.3) is 5.56 Å². The molecular formula is C12H20N4O. The first-order valence-electron chi connectivity index (χ1n) is 6.03. The molecule has 0 saturated heterocycles. The predicted molar refractivity (Wildman–Crippen MR) is 68.7 cm³/mol. The number of anilines is 1. The van der Waals surface area contributed by atoms with Crippen LogP contribution in [0.15, 0.2) is 10.9 Å². The largest absolute Gasteiger partial charge is 0.358 e. The van der Waals surface area contributed by atoms with Crippen LogP contribution < -0.4 is 10.5 Å². The molecule has 0 spiro atoms. The first kappa shape index (κ1) is 12.1. The molecule has 1 N–H and O–H groups in total. The van der Waals surface area contributed by atoms with Gasteiger partial charge in [-0.3, -0.25) is 4.79 Å². The van der Waals surface area contributed by atoms with Crippen molar-refractivity contribution in [2.45, 2.75) is 18.8 Å². The molecule has 17 heavy (non-hydrogen) atoms. The first-order valence-corrected chi connectivity index (χ1v) is 6.03. The second kappa shape index (κ2) is 4.87. The average molecular weight is 236 g/mol. The van der Waals surface area contributed by atoms with Gasteiger partial charge in [0.15, 0.2) is 0 Å². The molecule has 1 aromatic rings. The number of aromatic nitrogens is 2. The maximum absolute atomic E-state index is 11.6. The summed E-state index contributed by atoms with van der Waals surface area (Å²) in [5.41, 5.74) is -0.0476. The Morgan fingerprint density at radius 1 is 1.35 bits per heavy atom. The maximum atomic E-state index is 11.6. The zero-order chi connectivity index (χ0) is 12.4. The molecule has 0 aliphatic heterocycles. The van der Waals surface area contributed by atoms with Gasteiger partial charge < -0.3 is 14.8 Å². The molecule has 1 fully saturated rings. The van der Waals surface area contributed by atoms with E-state index >= 15 is 0 Å². The number of nitrogens with one attached hydrogen (secondary N) is 1. The van der Waals surface area contributed by atoms with Crippen LogP contribution in [0, 0.1) is 0 Å². The third kappa shape index (κ3) is 3.30. The second-order valence-corrected chi connectivity index (χ2v) is 4.99. The molecule has 0 aromatic carbocycles. The normalized spacial score (nSPS) is 15.3. The second-order valence-electron chi connectivity index (χ2n) is 4.99. The molecule has 1 saturated carbocycles. The predicted octanol–water partition coefficient (Wildman–Crippen LogP) is 0.645. The minimum absolute atomic E-state index is 0.0476. The van der Waals surface area contributed by atoms with Gasteiger partial charge in [0.1, 0.15) is 11.6 Å². The van der Waals surface area contributed by atoms with E-state index in [1.807, 2.05) is 26.0 Å². The van der Waals surface area contributed by atoms with Crippen LogP contribution in [0.4, 0.5) is 5.82 Å². The van der Waals surface area contributed by atoms with Crippen molar-refractivity contribution >= 4 is 5.82 Å². The molecule has 5 nitrogen and oxygen atoms in total. The summed E-state index contributed by atoms with van der Waals surface area (Å²) in [4.78, 5) is 23.0. The lowest BCUT2D eigenvalue weighted by atomic mass is 10.3. The minimum atomic E-state index is -0.0476. The zero-order valence-electron chi connectivity index (χ0n) is 10.7. The van der Waals surface area contributed by atoms with Gasteiger partial charge in [-0.15, -0.1) is 0 Å². The van der Waals surface area contributed by atoms with Gasteiger partial charge in [0, 0.05) is 32.1 Å². The summed E-state index contributed by atoms with van der Waals surface area (Å²) in [6, 6.07) is 1.57. The number of H-pyrrole nitrogens is 1. The number of hydrogen-bond acceptors (Lipinski definition) is 4. The number of nitrogens with zero attached hydrogens (tertiary/aromatic N) is 3. The molecule has 0 unspecified atom stereocenters. The lowest BCUT2D eigenvalue weighted by molar-refractivity contribution is 0.416. The summed E-state index contributed by atoms with van der Waals surface area (Å²) >= 11 is 0. The van der Waals surface area contributed by atoms with E-state index < -0.39 is 0 Å². The summed E-state index contributed by atoms with van der Waals surface area (Å²) in [7, 11) is 6.05. The molecule has 1 aromatic heterocycles. The van der Waals surface area contributed by atoms with Gasteiger partial charge in [-0.2, -0.15) is 0 Å². The van der Waals surface area contributed by atoms with Gasteiger partial charge in [-0.05, 0) is 26.9 Å². The monoisotopic (exact) mass is 236 g/mol. The van der Waals surface area contributed by atoms with Crippen molar-refractivity contribution in [1.82, 2.24) is 14.9 Å². The van der Waals surface area contributed by atoms with E-state index in [-0.39, 0.29) is 5.56 Å². The lowest BCUT2D eigenvalue weighted by Gasteiger charge is -2.20. The molecule has 1 heterocycles. The van der Waals surface area contributed by atoms with E-state index in [0.29, 0.717) is 5.92 Å². The van der Waals surface area contributed by atoms with Gasteiger partial charge in [-0.25, -0.2) is 4.98 Å². The molecule has 5 heteroatoms. The van der Waals surface area contributed by atoms with Crippen LogP contribution in [0.3, 0.4) is 0 Å². The van der Waals surface area contributed by atoms with Crippen molar-refractivity contribution in [3.8, 4) is 0 Å². The van der Waals surface area contributed by atoms with Crippen LogP contribution in [0.25, 0.3) is 0 Å². The van der Waals surface area contributed by atoms with E-state index in [4.69, 9.17) is 0 Å². The quantitative estimate of drug-likeness (QED) is 0.815. The molecule has 1 aliphatic rings. The van der Waals surface area contributed by atoms with E-state index in [9.17, 15) is 4.79 Å². The summed E-state index contributed by atoms with van der Waals surface area (Å²) in [6.45, 7) is 1.82. The molecule has 0 radical (unpaired) electrons. The fourth-order valence-electron chi connectivity index (χ4n) is 1.67. The number of likely N-dealkylation sites (N-methyl/N-ethyl adjacent to an activating group) is 2. The zero-order valence-corrected chi connectivity index (χ0v) is 10.7. The topological polar surface area (TPSA) is 52.2 Å². The molecule has 1 aliphatic carbocycles. The van der Waals surface area contributed by atoms with Crippen molar-refractivity contribution in [1.29, 1.82) is 0 Å². The fraction of sp³-hybridized carbons (Fsp3) is 0.667. The third-order valence-electron chi connectivity index (χ3n) is 2.98. The SMILES string of the molecule is CN(C)CCN(C)c1cc(=O)[nH]c(C2CC2)n1. The summed E-state index contributed by atoms with van der Waals surface area (Å²) in [5.74, 6) is 2.10. The van der Waals surface area contributed by atoms with E-state index in [2.05, 4.69) is 14.9 Å². The molecule has 94 valence electrons. The fourth-order valence-corrected chi connectivity index (χ4v) is 1.67. The molecular weight excluding hydrogens is 216 g/mol. The molecule has 0 bridgehead atoms.